The molecule has 176 valence electrons. The maximum atomic E-state index is 13.8. The third-order valence-corrected chi connectivity index (χ3v) is 8.45. The monoisotopic (exact) mass is 458 g/mol. The molecule has 6 heteroatoms. The number of methoxy groups -OCH3 is 1. The Morgan fingerprint density at radius 3 is 2.50 bits per heavy atom. The highest BCUT2D eigenvalue weighted by atomic mass is 32.2. The molecule has 0 spiro atoms. The smallest absolute Gasteiger partial charge is 0.180 e. The van der Waals surface area contributed by atoms with Crippen LogP contribution in [0, 0.1) is 0 Å². The van der Waals surface area contributed by atoms with E-state index < -0.39 is 15.4 Å². The van der Waals surface area contributed by atoms with Crippen LogP contribution in [-0.2, 0) is 16.4 Å². The molecule has 1 heterocycles. The van der Waals surface area contributed by atoms with E-state index in [2.05, 4.69) is 50.5 Å². The lowest BCUT2D eigenvalue weighted by atomic mass is 9.88. The Labute approximate surface area is 193 Å². The molecule has 0 saturated carbocycles. The molecular weight excluding hydrogens is 420 g/mol. The van der Waals surface area contributed by atoms with Crippen molar-refractivity contribution in [1.29, 1.82) is 0 Å². The number of unbranched alkanes of at least 4 members (excludes halogenated alkanes) is 1. The van der Waals surface area contributed by atoms with Crippen LogP contribution in [0.2, 0.25) is 0 Å². The normalized spacial score (nSPS) is 22.4. The van der Waals surface area contributed by atoms with E-state index >= 15 is 0 Å². The highest BCUT2D eigenvalue weighted by Gasteiger charge is 2.42. The molecule has 0 radical (unpaired) electrons. The van der Waals surface area contributed by atoms with Gasteiger partial charge in [-0.1, -0.05) is 70.9 Å². The molecule has 2 aromatic carbocycles. The zero-order chi connectivity index (χ0) is 23.4. The number of fused-ring (bicyclic) bond motifs is 1. The van der Waals surface area contributed by atoms with Crippen molar-refractivity contribution in [2.45, 2.75) is 82.4 Å². The summed E-state index contributed by atoms with van der Waals surface area (Å²) in [6.07, 6.45) is 3.60. The lowest BCUT2D eigenvalue weighted by Gasteiger charge is -2.36. The summed E-state index contributed by atoms with van der Waals surface area (Å²) in [4.78, 5) is 0.423. The van der Waals surface area contributed by atoms with E-state index in [4.69, 9.17) is 4.74 Å². The molecule has 0 bridgehead atoms. The van der Waals surface area contributed by atoms with Crippen molar-refractivity contribution in [3.63, 3.8) is 0 Å². The zero-order valence-corrected chi connectivity index (χ0v) is 20.9. The molecule has 0 aromatic heterocycles. The first-order valence-corrected chi connectivity index (χ1v) is 13.4. The van der Waals surface area contributed by atoms with E-state index in [1.807, 2.05) is 30.3 Å². The minimum absolute atomic E-state index is 0.107. The van der Waals surface area contributed by atoms with Crippen LogP contribution in [0.25, 0.3) is 0 Å². The van der Waals surface area contributed by atoms with Gasteiger partial charge in [0.2, 0.25) is 0 Å². The molecule has 0 amide bonds. The summed E-state index contributed by atoms with van der Waals surface area (Å²) in [6.45, 7) is 8.95. The Balaban J connectivity index is 2.22. The molecule has 1 aliphatic rings. The van der Waals surface area contributed by atoms with Gasteiger partial charge in [0, 0.05) is 23.7 Å². The van der Waals surface area contributed by atoms with Crippen molar-refractivity contribution in [1.82, 2.24) is 10.6 Å². The van der Waals surface area contributed by atoms with Gasteiger partial charge in [-0.3, -0.25) is 5.32 Å². The van der Waals surface area contributed by atoms with Gasteiger partial charge in [-0.25, -0.2) is 8.42 Å². The van der Waals surface area contributed by atoms with Crippen LogP contribution in [0.15, 0.2) is 47.4 Å². The van der Waals surface area contributed by atoms with Crippen LogP contribution in [-0.4, -0.2) is 32.9 Å². The first-order valence-electron chi connectivity index (χ1n) is 11.7. The van der Waals surface area contributed by atoms with Gasteiger partial charge in [0.25, 0.3) is 0 Å². The lowest BCUT2D eigenvalue weighted by Crippen LogP contribution is -2.50. The summed E-state index contributed by atoms with van der Waals surface area (Å²) >= 11 is 0. The lowest BCUT2D eigenvalue weighted by molar-refractivity contribution is 0.294. The first-order chi connectivity index (χ1) is 15.2. The Morgan fingerprint density at radius 2 is 1.91 bits per heavy atom. The van der Waals surface area contributed by atoms with Gasteiger partial charge in [-0.15, -0.1) is 0 Å². The highest BCUT2D eigenvalue weighted by molar-refractivity contribution is 7.91. The largest absolute Gasteiger partial charge is 0.496 e. The topological polar surface area (TPSA) is 67.4 Å². The van der Waals surface area contributed by atoms with Crippen molar-refractivity contribution in [2.75, 3.05) is 12.9 Å². The molecule has 0 unspecified atom stereocenters. The van der Waals surface area contributed by atoms with Crippen LogP contribution >= 0.6 is 0 Å². The van der Waals surface area contributed by atoms with E-state index in [1.54, 1.807) is 7.11 Å². The van der Waals surface area contributed by atoms with Gasteiger partial charge in [0.15, 0.2) is 9.84 Å². The van der Waals surface area contributed by atoms with E-state index in [9.17, 15) is 8.42 Å². The number of nitrogens with one attached hydrogen (secondary N) is 2. The van der Waals surface area contributed by atoms with Gasteiger partial charge >= 0.3 is 0 Å². The Kier molecular flexibility index (Phi) is 8.01. The average Bonchev–Trinajstić information content (AvgIpc) is 2.88. The molecule has 2 aromatic rings. The molecular formula is C26H38N2O3S. The number of hydrogen-bond donors (Lipinski definition) is 2. The van der Waals surface area contributed by atoms with Gasteiger partial charge < -0.3 is 10.1 Å². The molecule has 0 aliphatic carbocycles. The Bertz CT molecular complexity index is 1010. The molecule has 3 rings (SSSR count). The second-order valence-electron chi connectivity index (χ2n) is 9.22. The number of benzene rings is 2. The number of hydrogen-bond acceptors (Lipinski definition) is 5. The number of rotatable bonds is 9. The summed E-state index contributed by atoms with van der Waals surface area (Å²) in [5.74, 6) is 0.823. The molecule has 32 heavy (non-hydrogen) atoms. The van der Waals surface area contributed by atoms with E-state index in [-0.39, 0.29) is 17.8 Å². The van der Waals surface area contributed by atoms with Crippen LogP contribution in [0.4, 0.5) is 0 Å². The van der Waals surface area contributed by atoms with Gasteiger partial charge in [0.05, 0.1) is 23.8 Å². The SMILES string of the molecule is CCCC[C@]1(CC)CS(=O)(=O)c2cc(CNC(C)C)c(OC)cc2[C@H](c2ccccc2)N1. The van der Waals surface area contributed by atoms with Crippen molar-refractivity contribution in [2.24, 2.45) is 0 Å². The second kappa shape index (κ2) is 10.4. The number of sulfone groups is 1. The predicted octanol–water partition coefficient (Wildman–Crippen LogP) is 5.00. The summed E-state index contributed by atoms with van der Waals surface area (Å²) in [5.41, 5.74) is 2.23. The second-order valence-corrected chi connectivity index (χ2v) is 11.2. The summed E-state index contributed by atoms with van der Waals surface area (Å²) < 4.78 is 33.3. The maximum Gasteiger partial charge on any atom is 0.180 e. The molecule has 5 nitrogen and oxygen atoms in total. The van der Waals surface area contributed by atoms with Gasteiger partial charge in [-0.05, 0) is 36.1 Å². The summed E-state index contributed by atoms with van der Waals surface area (Å²) in [7, 11) is -1.85. The maximum absolute atomic E-state index is 13.8. The third kappa shape index (κ3) is 5.36. The molecule has 2 N–H and O–H groups in total. The van der Waals surface area contributed by atoms with Crippen molar-refractivity contribution in [3.05, 3.63) is 59.2 Å². The Morgan fingerprint density at radius 1 is 1.19 bits per heavy atom. The van der Waals surface area contributed by atoms with Gasteiger partial charge in [-0.2, -0.15) is 0 Å². The zero-order valence-electron chi connectivity index (χ0n) is 20.1. The standard InChI is InChI=1S/C26H38N2O3S/c1-6-8-14-26(7-2)18-32(29,30)24-15-21(17-27-19(3)4)23(31-5)16-22(24)25(28-26)20-12-10-9-11-13-20/h9-13,15-16,19,25,27-28H,6-8,14,17-18H2,1-5H3/t25-,26+/m0/s1. The fourth-order valence-electron chi connectivity index (χ4n) is 4.57. The van der Waals surface area contributed by atoms with E-state index in [1.165, 1.54) is 0 Å². The number of ether oxygens (including phenoxy) is 1. The molecule has 0 fully saturated rings. The van der Waals surface area contributed by atoms with Crippen LogP contribution in [0.1, 0.15) is 76.1 Å². The van der Waals surface area contributed by atoms with Crippen LogP contribution in [0.5, 0.6) is 5.75 Å². The molecule has 1 aliphatic heterocycles. The highest BCUT2D eigenvalue weighted by Crippen LogP contribution is 2.40. The molecule has 2 atom stereocenters. The van der Waals surface area contributed by atoms with E-state index in [0.717, 1.165) is 42.4 Å². The quantitative estimate of drug-likeness (QED) is 0.554. The fraction of sp³-hybridized carbons (Fsp3) is 0.538. The summed E-state index contributed by atoms with van der Waals surface area (Å²) in [5, 5.41) is 7.21. The van der Waals surface area contributed by atoms with E-state index in [0.29, 0.717) is 17.2 Å². The van der Waals surface area contributed by atoms with Crippen molar-refractivity contribution in [3.8, 4) is 5.75 Å². The molecule has 0 saturated heterocycles. The first kappa shape index (κ1) is 24.7. The van der Waals surface area contributed by atoms with Crippen molar-refractivity contribution >= 4 is 9.84 Å². The van der Waals surface area contributed by atoms with Crippen LogP contribution in [0.3, 0.4) is 0 Å². The Hall–Kier alpha value is -1.89. The minimum Gasteiger partial charge on any atom is -0.496 e. The summed E-state index contributed by atoms with van der Waals surface area (Å²) in [6, 6.07) is 14.0. The average molecular weight is 459 g/mol. The minimum atomic E-state index is -3.50. The van der Waals surface area contributed by atoms with Crippen LogP contribution < -0.4 is 15.4 Å². The third-order valence-electron chi connectivity index (χ3n) is 6.50. The van der Waals surface area contributed by atoms with Gasteiger partial charge in [0.1, 0.15) is 5.75 Å². The predicted molar refractivity (Wildman–Crippen MR) is 131 cm³/mol. The van der Waals surface area contributed by atoms with Crippen molar-refractivity contribution < 1.29 is 13.2 Å². The fourth-order valence-corrected chi connectivity index (χ4v) is 6.74.